The van der Waals surface area contributed by atoms with E-state index in [1.54, 1.807) is 0 Å². The standard InChI is InChI=1S/C16H25NO2/c18-14(16-7-3-12(10-16)4-8-16)13(17-19)15-5-1-11(9-15)2-6-15/h11-12,14,18-19H,1-10H2. The number of hydrogen-bond donors (Lipinski definition) is 2. The maximum atomic E-state index is 11.0. The second-order valence-corrected chi connectivity index (χ2v) is 7.83. The minimum atomic E-state index is -0.484. The maximum Gasteiger partial charge on any atom is 0.102 e. The minimum absolute atomic E-state index is 0.0499. The number of aliphatic hydroxyl groups excluding tert-OH is 1. The fraction of sp³-hybridized carbons (Fsp3) is 0.938. The van der Waals surface area contributed by atoms with Gasteiger partial charge in [-0.3, -0.25) is 0 Å². The van der Waals surface area contributed by atoms with E-state index in [0.717, 1.165) is 56.1 Å². The number of nitrogens with zero attached hydrogens (tertiary/aromatic N) is 1. The molecule has 4 rings (SSSR count). The molecule has 1 atom stereocenters. The Bertz CT molecular complexity index is 401. The molecule has 4 saturated carbocycles. The molecule has 2 N–H and O–H groups in total. The first-order chi connectivity index (χ1) is 9.17. The van der Waals surface area contributed by atoms with Crippen molar-refractivity contribution in [2.75, 3.05) is 0 Å². The van der Waals surface area contributed by atoms with Gasteiger partial charge in [-0.25, -0.2) is 0 Å². The van der Waals surface area contributed by atoms with Gasteiger partial charge in [-0.15, -0.1) is 0 Å². The summed E-state index contributed by atoms with van der Waals surface area (Å²) in [7, 11) is 0. The van der Waals surface area contributed by atoms with Crippen LogP contribution in [0.25, 0.3) is 0 Å². The average Bonchev–Trinajstić information content (AvgIpc) is 3.19. The van der Waals surface area contributed by atoms with E-state index in [4.69, 9.17) is 0 Å². The lowest BCUT2D eigenvalue weighted by Gasteiger charge is -2.38. The molecule has 1 unspecified atom stereocenters. The first-order valence-electron chi connectivity index (χ1n) is 8.08. The largest absolute Gasteiger partial charge is 0.411 e. The molecular formula is C16H25NO2. The van der Waals surface area contributed by atoms with E-state index < -0.39 is 6.10 Å². The molecule has 0 aromatic rings. The molecule has 3 heteroatoms. The van der Waals surface area contributed by atoms with Crippen molar-refractivity contribution in [3.8, 4) is 0 Å². The summed E-state index contributed by atoms with van der Waals surface area (Å²) < 4.78 is 0. The number of oxime groups is 1. The Morgan fingerprint density at radius 2 is 1.53 bits per heavy atom. The quantitative estimate of drug-likeness (QED) is 0.466. The van der Waals surface area contributed by atoms with Crippen LogP contribution in [-0.4, -0.2) is 22.1 Å². The Balaban J connectivity index is 1.63. The van der Waals surface area contributed by atoms with Gasteiger partial charge in [0, 0.05) is 10.8 Å². The molecule has 0 heterocycles. The van der Waals surface area contributed by atoms with E-state index in [0.29, 0.717) is 0 Å². The van der Waals surface area contributed by atoms with Gasteiger partial charge in [0.25, 0.3) is 0 Å². The number of rotatable bonds is 3. The van der Waals surface area contributed by atoms with E-state index in [9.17, 15) is 10.3 Å². The first kappa shape index (κ1) is 12.2. The highest BCUT2D eigenvalue weighted by Crippen LogP contribution is 2.60. The van der Waals surface area contributed by atoms with Crippen LogP contribution >= 0.6 is 0 Å². The minimum Gasteiger partial charge on any atom is -0.411 e. The van der Waals surface area contributed by atoms with Crippen LogP contribution in [0.1, 0.15) is 64.2 Å². The molecular weight excluding hydrogens is 238 g/mol. The van der Waals surface area contributed by atoms with Crippen molar-refractivity contribution in [3.05, 3.63) is 0 Å². The molecule has 0 aromatic heterocycles. The fourth-order valence-electron chi connectivity index (χ4n) is 5.91. The van der Waals surface area contributed by atoms with Crippen molar-refractivity contribution < 1.29 is 10.3 Å². The first-order valence-corrected chi connectivity index (χ1v) is 8.08. The second kappa shape index (κ2) is 3.97. The summed E-state index contributed by atoms with van der Waals surface area (Å²) in [6.45, 7) is 0. The van der Waals surface area contributed by atoms with Gasteiger partial charge in [0.2, 0.25) is 0 Å². The third-order valence-corrected chi connectivity index (χ3v) is 7.03. The molecule has 0 aromatic carbocycles. The molecule has 0 saturated heterocycles. The number of hydrogen-bond acceptors (Lipinski definition) is 3. The molecule has 4 bridgehead atoms. The van der Waals surface area contributed by atoms with E-state index in [1.807, 2.05) is 0 Å². The normalized spacial score (nSPS) is 50.1. The molecule has 3 nitrogen and oxygen atoms in total. The molecule has 4 fully saturated rings. The van der Waals surface area contributed by atoms with Crippen LogP contribution in [0.5, 0.6) is 0 Å². The summed E-state index contributed by atoms with van der Waals surface area (Å²) in [5.74, 6) is 1.65. The molecule has 4 aliphatic carbocycles. The lowest BCUT2D eigenvalue weighted by Crippen LogP contribution is -2.45. The Labute approximate surface area is 115 Å². The molecule has 106 valence electrons. The van der Waals surface area contributed by atoms with Crippen molar-refractivity contribution in [1.29, 1.82) is 0 Å². The zero-order valence-electron chi connectivity index (χ0n) is 11.6. The smallest absolute Gasteiger partial charge is 0.102 e. The summed E-state index contributed by atoms with van der Waals surface area (Å²) in [6.07, 6.45) is 11.4. The summed E-state index contributed by atoms with van der Waals surface area (Å²) in [5.41, 5.74) is 0.866. The maximum absolute atomic E-state index is 11.0. The van der Waals surface area contributed by atoms with Gasteiger partial charge in [0.15, 0.2) is 0 Å². The molecule has 4 aliphatic rings. The highest BCUT2D eigenvalue weighted by molar-refractivity contribution is 5.95. The van der Waals surface area contributed by atoms with Crippen LogP contribution in [0.4, 0.5) is 0 Å². The summed E-state index contributed by atoms with van der Waals surface area (Å²) in [6, 6.07) is 0. The molecule has 0 amide bonds. The van der Waals surface area contributed by atoms with E-state index in [1.165, 1.54) is 25.7 Å². The van der Waals surface area contributed by atoms with Crippen LogP contribution in [0, 0.1) is 22.7 Å². The Morgan fingerprint density at radius 3 is 1.95 bits per heavy atom. The van der Waals surface area contributed by atoms with Gasteiger partial charge in [0.05, 0.1) is 5.71 Å². The average molecular weight is 263 g/mol. The van der Waals surface area contributed by atoms with Gasteiger partial charge in [0.1, 0.15) is 6.10 Å². The molecule has 19 heavy (non-hydrogen) atoms. The lowest BCUT2D eigenvalue weighted by atomic mass is 9.69. The highest BCUT2D eigenvalue weighted by atomic mass is 16.4. The molecule has 0 spiro atoms. The number of aliphatic hydroxyl groups is 1. The van der Waals surface area contributed by atoms with Crippen molar-refractivity contribution in [1.82, 2.24) is 0 Å². The lowest BCUT2D eigenvalue weighted by molar-refractivity contribution is 0.0716. The van der Waals surface area contributed by atoms with Crippen molar-refractivity contribution in [2.24, 2.45) is 27.8 Å². The van der Waals surface area contributed by atoms with Gasteiger partial charge < -0.3 is 10.3 Å². The third-order valence-electron chi connectivity index (χ3n) is 7.03. The Morgan fingerprint density at radius 1 is 0.947 bits per heavy atom. The van der Waals surface area contributed by atoms with Gasteiger partial charge in [-0.1, -0.05) is 5.16 Å². The zero-order chi connectivity index (χ0) is 13.1. The van der Waals surface area contributed by atoms with Crippen LogP contribution in [-0.2, 0) is 0 Å². The van der Waals surface area contributed by atoms with E-state index in [-0.39, 0.29) is 10.8 Å². The van der Waals surface area contributed by atoms with Crippen molar-refractivity contribution >= 4 is 5.71 Å². The van der Waals surface area contributed by atoms with E-state index >= 15 is 0 Å². The topological polar surface area (TPSA) is 52.8 Å². The highest BCUT2D eigenvalue weighted by Gasteiger charge is 2.57. The van der Waals surface area contributed by atoms with Crippen molar-refractivity contribution in [2.45, 2.75) is 70.3 Å². The van der Waals surface area contributed by atoms with Crippen LogP contribution in [0.15, 0.2) is 5.16 Å². The van der Waals surface area contributed by atoms with E-state index in [2.05, 4.69) is 5.16 Å². The van der Waals surface area contributed by atoms with Gasteiger partial charge in [-0.05, 0) is 76.0 Å². The SMILES string of the molecule is ON=C(C(O)C12CCC(CC1)C2)C12CCC(CC1)C2. The van der Waals surface area contributed by atoms with Gasteiger partial charge in [-0.2, -0.15) is 0 Å². The Hall–Kier alpha value is -0.570. The predicted octanol–water partition coefficient (Wildman–Crippen LogP) is 3.34. The molecule has 0 aliphatic heterocycles. The summed E-state index contributed by atoms with van der Waals surface area (Å²) in [5, 5.41) is 24.2. The van der Waals surface area contributed by atoms with Crippen molar-refractivity contribution in [3.63, 3.8) is 0 Å². The number of fused-ring (bicyclic) bond motifs is 4. The monoisotopic (exact) mass is 263 g/mol. The summed E-state index contributed by atoms with van der Waals surface area (Å²) in [4.78, 5) is 0. The second-order valence-electron chi connectivity index (χ2n) is 7.83. The zero-order valence-corrected chi connectivity index (χ0v) is 11.6. The third kappa shape index (κ3) is 1.57. The van der Waals surface area contributed by atoms with Crippen LogP contribution in [0.2, 0.25) is 0 Å². The summed E-state index contributed by atoms with van der Waals surface area (Å²) >= 11 is 0. The fourth-order valence-corrected chi connectivity index (χ4v) is 5.91. The van der Waals surface area contributed by atoms with Crippen LogP contribution < -0.4 is 0 Å². The predicted molar refractivity (Wildman–Crippen MR) is 73.2 cm³/mol. The van der Waals surface area contributed by atoms with Crippen LogP contribution in [0.3, 0.4) is 0 Å². The molecule has 0 radical (unpaired) electrons. The Kier molecular flexibility index (Phi) is 2.55. The van der Waals surface area contributed by atoms with Gasteiger partial charge >= 0.3 is 0 Å².